The largest absolute Gasteiger partial charge is 0.507 e. The molecule has 4 rings (SSSR count). The zero-order valence-electron chi connectivity index (χ0n) is 19.7. The first-order valence-electron chi connectivity index (χ1n) is 11.0. The number of hydrogen-bond acceptors (Lipinski definition) is 5. The van der Waals surface area contributed by atoms with Gasteiger partial charge in [-0.15, -0.1) is 11.3 Å². The van der Waals surface area contributed by atoms with Gasteiger partial charge in [-0.1, -0.05) is 37.6 Å². The quantitative estimate of drug-likeness (QED) is 0.241. The molecule has 34 heavy (non-hydrogen) atoms. The van der Waals surface area contributed by atoms with E-state index in [1.165, 1.54) is 16.2 Å². The van der Waals surface area contributed by atoms with E-state index < -0.39 is 17.7 Å². The molecule has 0 radical (unpaired) electrons. The van der Waals surface area contributed by atoms with Gasteiger partial charge in [0.05, 0.1) is 12.7 Å². The minimum Gasteiger partial charge on any atom is -0.507 e. The molecule has 1 fully saturated rings. The Morgan fingerprint density at radius 2 is 1.88 bits per heavy atom. The van der Waals surface area contributed by atoms with Gasteiger partial charge < -0.3 is 9.84 Å². The molecule has 0 spiro atoms. The number of hydrogen-bond donors (Lipinski definition) is 1. The lowest BCUT2D eigenvalue weighted by Gasteiger charge is -2.26. The summed E-state index contributed by atoms with van der Waals surface area (Å²) in [5.41, 5.74) is 3.45. The molecule has 0 bridgehead atoms. The molecule has 3 aromatic rings. The standard InChI is InChI=1S/C27H26ClNO4S/c1-14(2)17-13-18(15(3)12-21(17)33-5)25(30)23-24(22-10-7-11-34-22)29(27(32)26(23)31)20-9-6-8-19(28)16(20)4/h6-14,24,30H,1-5H3/b25-23+. The zero-order chi connectivity index (χ0) is 24.7. The Hall–Kier alpha value is -3.09. The van der Waals surface area contributed by atoms with Crippen molar-refractivity contribution in [2.24, 2.45) is 0 Å². The van der Waals surface area contributed by atoms with Crippen LogP contribution in [0, 0.1) is 13.8 Å². The van der Waals surface area contributed by atoms with Crippen molar-refractivity contribution in [3.05, 3.63) is 85.6 Å². The van der Waals surface area contributed by atoms with Crippen molar-refractivity contribution in [2.45, 2.75) is 39.7 Å². The number of methoxy groups -OCH3 is 1. The molecule has 176 valence electrons. The van der Waals surface area contributed by atoms with Crippen molar-refractivity contribution >= 4 is 46.1 Å². The van der Waals surface area contributed by atoms with Gasteiger partial charge in [0, 0.05) is 21.2 Å². The van der Waals surface area contributed by atoms with Gasteiger partial charge in [-0.05, 0) is 72.2 Å². The molecular weight excluding hydrogens is 470 g/mol. The predicted molar refractivity (Wildman–Crippen MR) is 137 cm³/mol. The second-order valence-corrected chi connectivity index (χ2v) is 10.0. The topological polar surface area (TPSA) is 66.8 Å². The van der Waals surface area contributed by atoms with Crippen molar-refractivity contribution in [2.75, 3.05) is 12.0 Å². The molecule has 1 N–H and O–H groups in total. The highest BCUT2D eigenvalue weighted by Gasteiger charge is 2.48. The molecule has 2 aromatic carbocycles. The Balaban J connectivity index is 1.99. The Morgan fingerprint density at radius 3 is 2.50 bits per heavy atom. The minimum absolute atomic E-state index is 0.0646. The van der Waals surface area contributed by atoms with Crippen LogP contribution in [0.1, 0.15) is 52.9 Å². The van der Waals surface area contributed by atoms with Crippen molar-refractivity contribution in [1.82, 2.24) is 0 Å². The summed E-state index contributed by atoms with van der Waals surface area (Å²) in [6, 6.07) is 11.9. The number of aliphatic hydroxyl groups is 1. The van der Waals surface area contributed by atoms with E-state index in [0.29, 0.717) is 27.6 Å². The predicted octanol–water partition coefficient (Wildman–Crippen LogP) is 6.78. The van der Waals surface area contributed by atoms with Crippen molar-refractivity contribution in [1.29, 1.82) is 0 Å². The van der Waals surface area contributed by atoms with Gasteiger partial charge in [-0.3, -0.25) is 14.5 Å². The van der Waals surface area contributed by atoms with Crippen LogP contribution in [-0.4, -0.2) is 23.9 Å². The highest BCUT2D eigenvalue weighted by atomic mass is 35.5. The van der Waals surface area contributed by atoms with Crippen LogP contribution in [0.25, 0.3) is 5.76 Å². The number of ketones is 1. The number of carbonyl (C=O) groups excluding carboxylic acids is 2. The second kappa shape index (κ2) is 9.28. The van der Waals surface area contributed by atoms with Crippen LogP contribution in [0.4, 0.5) is 5.69 Å². The van der Waals surface area contributed by atoms with Gasteiger partial charge in [0.25, 0.3) is 11.7 Å². The first-order chi connectivity index (χ1) is 16.2. The number of nitrogens with zero attached hydrogens (tertiary/aromatic N) is 1. The third-order valence-corrected chi connectivity index (χ3v) is 7.54. The van der Waals surface area contributed by atoms with E-state index in [1.807, 2.05) is 57.3 Å². The number of amides is 1. The van der Waals surface area contributed by atoms with Gasteiger partial charge in [0.1, 0.15) is 17.6 Å². The zero-order valence-corrected chi connectivity index (χ0v) is 21.3. The van der Waals surface area contributed by atoms with Crippen LogP contribution >= 0.6 is 22.9 Å². The van der Waals surface area contributed by atoms with E-state index in [2.05, 4.69) is 0 Å². The summed E-state index contributed by atoms with van der Waals surface area (Å²) in [6.45, 7) is 7.72. The summed E-state index contributed by atoms with van der Waals surface area (Å²) in [5.74, 6) is -0.765. The summed E-state index contributed by atoms with van der Waals surface area (Å²) in [7, 11) is 1.61. The van der Waals surface area contributed by atoms with E-state index in [4.69, 9.17) is 16.3 Å². The number of aliphatic hydroxyl groups excluding tert-OH is 1. The Bertz CT molecular complexity index is 1310. The molecule has 2 heterocycles. The number of aryl methyl sites for hydroxylation is 1. The Morgan fingerprint density at radius 1 is 1.15 bits per heavy atom. The Labute approximate surface area is 208 Å². The van der Waals surface area contributed by atoms with E-state index >= 15 is 0 Å². The number of Topliss-reactive ketones (excluding diaryl/α,β-unsaturated/α-hetero) is 1. The SMILES string of the molecule is COc1cc(C)c(/C(O)=C2\C(=O)C(=O)N(c3cccc(Cl)c3C)C2c2cccs2)cc1C(C)C. The summed E-state index contributed by atoms with van der Waals surface area (Å²) in [5, 5.41) is 13.9. The number of benzene rings is 2. The number of carbonyl (C=O) groups is 2. The van der Waals surface area contributed by atoms with Crippen molar-refractivity contribution in [3.8, 4) is 5.75 Å². The van der Waals surface area contributed by atoms with Gasteiger partial charge in [-0.2, -0.15) is 0 Å². The van der Waals surface area contributed by atoms with E-state index in [9.17, 15) is 14.7 Å². The second-order valence-electron chi connectivity index (χ2n) is 8.63. The maximum absolute atomic E-state index is 13.4. The van der Waals surface area contributed by atoms with Crippen molar-refractivity contribution < 1.29 is 19.4 Å². The average molecular weight is 496 g/mol. The van der Waals surface area contributed by atoms with Gasteiger partial charge >= 0.3 is 0 Å². The summed E-state index contributed by atoms with van der Waals surface area (Å²) >= 11 is 7.77. The minimum atomic E-state index is -0.763. The summed E-state index contributed by atoms with van der Waals surface area (Å²) in [4.78, 5) is 29.0. The van der Waals surface area contributed by atoms with Crippen molar-refractivity contribution in [3.63, 3.8) is 0 Å². The fourth-order valence-electron chi connectivity index (χ4n) is 4.38. The normalized spacial score (nSPS) is 17.6. The maximum atomic E-state index is 13.4. The fraction of sp³-hybridized carbons (Fsp3) is 0.259. The maximum Gasteiger partial charge on any atom is 0.300 e. The summed E-state index contributed by atoms with van der Waals surface area (Å²) in [6.07, 6.45) is 0. The molecule has 1 saturated heterocycles. The van der Waals surface area contributed by atoms with Crippen LogP contribution in [0.5, 0.6) is 5.75 Å². The molecule has 1 amide bonds. The van der Waals surface area contributed by atoms with Crippen LogP contribution in [0.3, 0.4) is 0 Å². The average Bonchev–Trinajstić information content (AvgIpc) is 3.42. The van der Waals surface area contributed by atoms with Gasteiger partial charge in [-0.25, -0.2) is 0 Å². The molecule has 0 saturated carbocycles. The monoisotopic (exact) mass is 495 g/mol. The van der Waals surface area contributed by atoms with Crippen LogP contribution in [0.2, 0.25) is 5.02 Å². The lowest BCUT2D eigenvalue weighted by Crippen LogP contribution is -2.29. The van der Waals surface area contributed by atoms with Crippen LogP contribution < -0.4 is 9.64 Å². The third kappa shape index (κ3) is 3.91. The molecule has 1 aliphatic heterocycles. The molecule has 5 nitrogen and oxygen atoms in total. The molecule has 1 aliphatic rings. The Kier molecular flexibility index (Phi) is 6.56. The highest BCUT2D eigenvalue weighted by molar-refractivity contribution is 7.10. The molecule has 1 unspecified atom stereocenters. The number of anilines is 1. The fourth-order valence-corrected chi connectivity index (χ4v) is 5.37. The number of halogens is 1. The van der Waals surface area contributed by atoms with E-state index in [1.54, 1.807) is 25.3 Å². The van der Waals surface area contributed by atoms with Crippen LogP contribution in [0.15, 0.2) is 53.4 Å². The smallest absolute Gasteiger partial charge is 0.300 e. The molecule has 7 heteroatoms. The third-order valence-electron chi connectivity index (χ3n) is 6.21. The first-order valence-corrected chi connectivity index (χ1v) is 12.2. The lowest BCUT2D eigenvalue weighted by atomic mass is 9.92. The molecular formula is C27H26ClNO4S. The van der Waals surface area contributed by atoms with E-state index in [-0.39, 0.29) is 17.3 Å². The molecule has 1 aromatic heterocycles. The van der Waals surface area contributed by atoms with E-state index in [0.717, 1.165) is 16.0 Å². The lowest BCUT2D eigenvalue weighted by molar-refractivity contribution is -0.132. The molecule has 0 aliphatic carbocycles. The molecule has 1 atom stereocenters. The number of ether oxygens (including phenoxy) is 1. The number of thiophene rings is 1. The van der Waals surface area contributed by atoms with Gasteiger partial charge in [0.2, 0.25) is 0 Å². The summed E-state index contributed by atoms with van der Waals surface area (Å²) < 4.78 is 5.53. The first kappa shape index (κ1) is 24.0. The number of rotatable bonds is 5. The highest BCUT2D eigenvalue weighted by Crippen LogP contribution is 2.46. The van der Waals surface area contributed by atoms with Crippen LogP contribution in [-0.2, 0) is 9.59 Å². The van der Waals surface area contributed by atoms with Gasteiger partial charge in [0.15, 0.2) is 0 Å².